The number of oxime groups is 1. The van der Waals surface area contributed by atoms with Crippen molar-refractivity contribution >= 4 is 11.5 Å². The van der Waals surface area contributed by atoms with Crippen molar-refractivity contribution in [2.45, 2.75) is 40.0 Å². The molecule has 0 amide bonds. The van der Waals surface area contributed by atoms with Crippen LogP contribution in [0, 0.1) is 5.92 Å². The first-order valence-electron chi connectivity index (χ1n) is 5.77. The summed E-state index contributed by atoms with van der Waals surface area (Å²) >= 11 is 0. The molecule has 1 rings (SSSR count). The van der Waals surface area contributed by atoms with Crippen LogP contribution < -0.4 is 0 Å². The number of Topliss-reactive ketones (excluding diaryl/α,β-unsaturated/α-hetero) is 1. The van der Waals surface area contributed by atoms with Crippen molar-refractivity contribution in [2.24, 2.45) is 11.1 Å². The van der Waals surface area contributed by atoms with Crippen LogP contribution in [0.2, 0.25) is 0 Å². The molecule has 1 aromatic heterocycles. The topological polar surface area (TPSA) is 77.6 Å². The summed E-state index contributed by atoms with van der Waals surface area (Å²) in [6.07, 6.45) is 0. The fourth-order valence-electron chi connectivity index (χ4n) is 1.24. The predicted molar refractivity (Wildman–Crippen MR) is 66.6 cm³/mol. The zero-order chi connectivity index (χ0) is 13.9. The second-order valence-corrected chi connectivity index (χ2v) is 5.31. The Morgan fingerprint density at radius 1 is 1.33 bits per heavy atom. The zero-order valence-electron chi connectivity index (χ0n) is 11.6. The molecule has 0 fully saturated rings. The molecule has 6 nitrogen and oxygen atoms in total. The van der Waals surface area contributed by atoms with Crippen molar-refractivity contribution in [1.82, 2.24) is 10.2 Å². The number of rotatable bonds is 4. The summed E-state index contributed by atoms with van der Waals surface area (Å²) in [5.41, 5.74) is -0.0244. The van der Waals surface area contributed by atoms with Gasteiger partial charge in [-0.05, 0) is 0 Å². The van der Waals surface area contributed by atoms with Crippen molar-refractivity contribution in [3.05, 3.63) is 11.8 Å². The summed E-state index contributed by atoms with van der Waals surface area (Å²) in [6.45, 7) is 9.48. The average molecular weight is 253 g/mol. The molecule has 0 spiro atoms. The van der Waals surface area contributed by atoms with Gasteiger partial charge in [0, 0.05) is 11.3 Å². The molecular formula is C12H19N3O3. The standard InChI is InChI=1S/C12H19N3O3/c1-7(2)8(15-17-6)9(16)10-13-14-11(18-10)12(3,4)5/h7H,1-6H3/b15-8+. The van der Waals surface area contributed by atoms with E-state index in [1.807, 2.05) is 34.6 Å². The maximum absolute atomic E-state index is 12.1. The Morgan fingerprint density at radius 2 is 1.94 bits per heavy atom. The van der Waals surface area contributed by atoms with Gasteiger partial charge in [0.25, 0.3) is 11.7 Å². The summed E-state index contributed by atoms with van der Waals surface area (Å²) in [7, 11) is 1.39. The second-order valence-electron chi connectivity index (χ2n) is 5.31. The van der Waals surface area contributed by atoms with Crippen molar-refractivity contribution in [2.75, 3.05) is 7.11 Å². The molecule has 0 saturated carbocycles. The first kappa shape index (κ1) is 14.3. The molecule has 18 heavy (non-hydrogen) atoms. The van der Waals surface area contributed by atoms with Crippen LogP contribution >= 0.6 is 0 Å². The maximum atomic E-state index is 12.1. The molecule has 100 valence electrons. The van der Waals surface area contributed by atoms with Crippen molar-refractivity contribution in [3.63, 3.8) is 0 Å². The molecule has 0 radical (unpaired) electrons. The summed E-state index contributed by atoms with van der Waals surface area (Å²) < 4.78 is 5.38. The van der Waals surface area contributed by atoms with Gasteiger partial charge in [-0.3, -0.25) is 4.79 Å². The lowest BCUT2D eigenvalue weighted by Gasteiger charge is -2.11. The van der Waals surface area contributed by atoms with Crippen LogP contribution in [0.15, 0.2) is 9.57 Å². The number of carbonyl (C=O) groups is 1. The molecular weight excluding hydrogens is 234 g/mol. The zero-order valence-corrected chi connectivity index (χ0v) is 11.6. The highest BCUT2D eigenvalue weighted by atomic mass is 16.6. The molecule has 0 bridgehead atoms. The highest BCUT2D eigenvalue weighted by Crippen LogP contribution is 2.20. The average Bonchev–Trinajstić information content (AvgIpc) is 2.73. The number of ketones is 1. The highest BCUT2D eigenvalue weighted by Gasteiger charge is 2.27. The number of nitrogens with zero attached hydrogens (tertiary/aromatic N) is 3. The molecule has 6 heteroatoms. The number of hydrogen-bond acceptors (Lipinski definition) is 6. The van der Waals surface area contributed by atoms with Gasteiger partial charge >= 0.3 is 0 Å². The normalized spacial score (nSPS) is 12.9. The van der Waals surface area contributed by atoms with E-state index in [1.165, 1.54) is 7.11 Å². The summed E-state index contributed by atoms with van der Waals surface area (Å²) in [4.78, 5) is 16.8. The molecule has 0 aromatic carbocycles. The summed E-state index contributed by atoms with van der Waals surface area (Å²) in [5, 5.41) is 11.4. The Morgan fingerprint density at radius 3 is 2.33 bits per heavy atom. The number of hydrogen-bond donors (Lipinski definition) is 0. The van der Waals surface area contributed by atoms with Crippen LogP contribution in [0.4, 0.5) is 0 Å². The fraction of sp³-hybridized carbons (Fsp3) is 0.667. The van der Waals surface area contributed by atoms with Crippen LogP contribution in [-0.4, -0.2) is 28.8 Å². The Bertz CT molecular complexity index is 455. The lowest BCUT2D eigenvalue weighted by Crippen LogP contribution is -2.21. The van der Waals surface area contributed by atoms with E-state index in [2.05, 4.69) is 20.2 Å². The first-order chi connectivity index (χ1) is 8.27. The van der Waals surface area contributed by atoms with E-state index in [1.54, 1.807) is 0 Å². The highest BCUT2D eigenvalue weighted by molar-refractivity contribution is 6.45. The fourth-order valence-corrected chi connectivity index (χ4v) is 1.24. The van der Waals surface area contributed by atoms with E-state index < -0.39 is 5.78 Å². The van der Waals surface area contributed by atoms with Gasteiger partial charge in [0.2, 0.25) is 5.89 Å². The SMILES string of the molecule is CO/N=C(/C(=O)c1nnc(C(C)(C)C)o1)C(C)C. The second kappa shape index (κ2) is 5.29. The van der Waals surface area contributed by atoms with Crippen LogP contribution in [0.5, 0.6) is 0 Å². The monoisotopic (exact) mass is 253 g/mol. The van der Waals surface area contributed by atoms with Gasteiger partial charge in [-0.1, -0.05) is 39.8 Å². The van der Waals surface area contributed by atoms with Gasteiger partial charge in [0.15, 0.2) is 0 Å². The molecule has 0 atom stereocenters. The van der Waals surface area contributed by atoms with Crippen molar-refractivity contribution < 1.29 is 14.0 Å². The lowest BCUT2D eigenvalue weighted by molar-refractivity contribution is 0.101. The van der Waals surface area contributed by atoms with Crippen molar-refractivity contribution in [3.8, 4) is 0 Å². The molecule has 1 heterocycles. The number of aromatic nitrogens is 2. The van der Waals surface area contributed by atoms with E-state index in [0.29, 0.717) is 5.89 Å². The van der Waals surface area contributed by atoms with E-state index in [0.717, 1.165) is 0 Å². The maximum Gasteiger partial charge on any atom is 0.290 e. The first-order valence-corrected chi connectivity index (χ1v) is 5.77. The van der Waals surface area contributed by atoms with Crippen molar-refractivity contribution in [1.29, 1.82) is 0 Å². The quantitative estimate of drug-likeness (QED) is 0.467. The smallest absolute Gasteiger partial charge is 0.290 e. The number of carbonyl (C=O) groups excluding carboxylic acids is 1. The minimum Gasteiger partial charge on any atom is -0.417 e. The van der Waals surface area contributed by atoms with Crippen LogP contribution in [0.25, 0.3) is 0 Å². The third-order valence-electron chi connectivity index (χ3n) is 2.23. The summed E-state index contributed by atoms with van der Waals surface area (Å²) in [6, 6.07) is 0. The van der Waals surface area contributed by atoms with Gasteiger partial charge in [-0.25, -0.2) is 0 Å². The minimum atomic E-state index is -0.394. The van der Waals surface area contributed by atoms with E-state index in [4.69, 9.17) is 4.42 Å². The van der Waals surface area contributed by atoms with Gasteiger partial charge in [-0.2, -0.15) is 0 Å². The molecule has 0 saturated heterocycles. The van der Waals surface area contributed by atoms with Gasteiger partial charge < -0.3 is 9.25 Å². The van der Waals surface area contributed by atoms with E-state index in [9.17, 15) is 4.79 Å². The van der Waals surface area contributed by atoms with E-state index >= 15 is 0 Å². The van der Waals surface area contributed by atoms with Crippen LogP contribution in [-0.2, 0) is 10.3 Å². The van der Waals surface area contributed by atoms with Gasteiger partial charge in [0.05, 0.1) is 0 Å². The largest absolute Gasteiger partial charge is 0.417 e. The third-order valence-corrected chi connectivity index (χ3v) is 2.23. The molecule has 0 aliphatic heterocycles. The third kappa shape index (κ3) is 3.15. The molecule has 0 unspecified atom stereocenters. The van der Waals surface area contributed by atoms with E-state index in [-0.39, 0.29) is 22.9 Å². The van der Waals surface area contributed by atoms with Crippen LogP contribution in [0.3, 0.4) is 0 Å². The molecule has 1 aromatic rings. The van der Waals surface area contributed by atoms with Gasteiger partial charge in [0.1, 0.15) is 12.8 Å². The Balaban J connectivity index is 3.04. The Kier molecular flexibility index (Phi) is 4.21. The molecule has 0 N–H and O–H groups in total. The minimum absolute atomic E-state index is 0.0515. The van der Waals surface area contributed by atoms with Crippen LogP contribution in [0.1, 0.15) is 51.2 Å². The summed E-state index contributed by atoms with van der Waals surface area (Å²) in [5.74, 6) is -0.104. The molecule has 0 aliphatic rings. The molecule has 0 aliphatic carbocycles. The lowest BCUT2D eigenvalue weighted by atomic mass is 9.97. The Hall–Kier alpha value is -1.72. The predicted octanol–water partition coefficient (Wildman–Crippen LogP) is 2.21. The Labute approximate surface area is 106 Å². The van der Waals surface area contributed by atoms with Gasteiger partial charge in [-0.15, -0.1) is 10.2 Å².